The molecule has 0 spiro atoms. The topological polar surface area (TPSA) is 62.6 Å². The monoisotopic (exact) mass is 433 g/mol. The quantitative estimate of drug-likeness (QED) is 0.644. The summed E-state index contributed by atoms with van der Waals surface area (Å²) in [6.07, 6.45) is 3.79. The number of aryl methyl sites for hydroxylation is 3. The summed E-state index contributed by atoms with van der Waals surface area (Å²) in [6.45, 7) is 9.80. The molecule has 32 heavy (non-hydrogen) atoms. The number of imidazole rings is 1. The van der Waals surface area contributed by atoms with E-state index >= 15 is 0 Å². The van der Waals surface area contributed by atoms with E-state index in [4.69, 9.17) is 4.74 Å². The van der Waals surface area contributed by atoms with Crippen molar-refractivity contribution in [2.24, 2.45) is 0 Å². The van der Waals surface area contributed by atoms with Crippen molar-refractivity contribution in [3.63, 3.8) is 0 Å². The van der Waals surface area contributed by atoms with E-state index in [0.29, 0.717) is 6.54 Å². The van der Waals surface area contributed by atoms with Gasteiger partial charge in [0.05, 0.1) is 19.3 Å². The van der Waals surface area contributed by atoms with Crippen LogP contribution < -0.4 is 15.0 Å². The predicted molar refractivity (Wildman–Crippen MR) is 128 cm³/mol. The highest BCUT2D eigenvalue weighted by atomic mass is 16.5. The normalized spacial score (nSPS) is 14.4. The van der Waals surface area contributed by atoms with Crippen LogP contribution in [-0.4, -0.2) is 60.2 Å². The van der Waals surface area contributed by atoms with E-state index in [1.165, 1.54) is 5.56 Å². The Morgan fingerprint density at radius 1 is 1.06 bits per heavy atom. The van der Waals surface area contributed by atoms with Gasteiger partial charge in [-0.25, -0.2) is 4.98 Å². The summed E-state index contributed by atoms with van der Waals surface area (Å²) in [5.41, 5.74) is 5.36. The van der Waals surface area contributed by atoms with Gasteiger partial charge in [-0.3, -0.25) is 14.3 Å². The first-order valence-corrected chi connectivity index (χ1v) is 11.0. The molecule has 1 amide bonds. The number of piperazine rings is 1. The standard InChI is InChI=1S/C25H31N5O2/c1-18-14-19(2)24(20(3)15-18)27-23(31)17-28-10-12-29(13-11-28)25-26-8-9-30(25)21-6-5-7-22(16-21)32-4/h5-9,14-16H,10-13,17H2,1-4H3,(H,27,31). The van der Waals surface area contributed by atoms with Gasteiger partial charge < -0.3 is 15.0 Å². The van der Waals surface area contributed by atoms with Crippen LogP contribution in [0.1, 0.15) is 16.7 Å². The largest absolute Gasteiger partial charge is 0.497 e. The first-order chi connectivity index (χ1) is 15.4. The zero-order valence-corrected chi connectivity index (χ0v) is 19.3. The lowest BCUT2D eigenvalue weighted by Gasteiger charge is -2.35. The van der Waals surface area contributed by atoms with Crippen LogP contribution >= 0.6 is 0 Å². The Hall–Kier alpha value is -3.32. The molecule has 7 nitrogen and oxygen atoms in total. The second kappa shape index (κ2) is 9.44. The Morgan fingerprint density at radius 3 is 2.47 bits per heavy atom. The molecule has 1 aliphatic rings. The van der Waals surface area contributed by atoms with Crippen molar-refractivity contribution in [2.75, 3.05) is 50.1 Å². The van der Waals surface area contributed by atoms with Gasteiger partial charge in [-0.15, -0.1) is 0 Å². The molecule has 7 heteroatoms. The molecule has 1 N–H and O–H groups in total. The molecule has 0 bridgehead atoms. The SMILES string of the molecule is COc1cccc(-n2ccnc2N2CCN(CC(=O)Nc3c(C)cc(C)cc3C)CC2)c1. The van der Waals surface area contributed by atoms with Crippen molar-refractivity contribution in [1.29, 1.82) is 0 Å². The van der Waals surface area contributed by atoms with Gasteiger partial charge in [0, 0.05) is 50.3 Å². The van der Waals surface area contributed by atoms with Crippen molar-refractivity contribution < 1.29 is 9.53 Å². The Labute approximate surface area is 189 Å². The smallest absolute Gasteiger partial charge is 0.238 e. The van der Waals surface area contributed by atoms with Gasteiger partial charge in [-0.05, 0) is 44.0 Å². The molecule has 1 saturated heterocycles. The molecule has 2 aromatic carbocycles. The van der Waals surface area contributed by atoms with Crippen molar-refractivity contribution in [3.8, 4) is 11.4 Å². The number of nitrogens with zero attached hydrogens (tertiary/aromatic N) is 4. The molecule has 3 aromatic rings. The van der Waals surface area contributed by atoms with E-state index in [1.54, 1.807) is 7.11 Å². The van der Waals surface area contributed by atoms with Crippen LogP contribution in [-0.2, 0) is 4.79 Å². The minimum Gasteiger partial charge on any atom is -0.497 e. The molecule has 0 atom stereocenters. The van der Waals surface area contributed by atoms with E-state index < -0.39 is 0 Å². The lowest BCUT2D eigenvalue weighted by molar-refractivity contribution is -0.117. The number of carbonyl (C=O) groups excluding carboxylic acids is 1. The van der Waals surface area contributed by atoms with Crippen molar-refractivity contribution in [2.45, 2.75) is 20.8 Å². The molecule has 1 aliphatic heterocycles. The van der Waals surface area contributed by atoms with Crippen LogP contribution in [0.4, 0.5) is 11.6 Å². The molecule has 1 fully saturated rings. The van der Waals surface area contributed by atoms with Gasteiger partial charge in [-0.2, -0.15) is 0 Å². The van der Waals surface area contributed by atoms with Crippen LogP contribution in [0.2, 0.25) is 0 Å². The third-order valence-corrected chi connectivity index (χ3v) is 5.92. The first-order valence-electron chi connectivity index (χ1n) is 11.0. The zero-order valence-electron chi connectivity index (χ0n) is 19.3. The van der Waals surface area contributed by atoms with Crippen LogP contribution in [0.25, 0.3) is 5.69 Å². The number of hydrogen-bond acceptors (Lipinski definition) is 5. The molecule has 0 unspecified atom stereocenters. The zero-order chi connectivity index (χ0) is 22.7. The van der Waals surface area contributed by atoms with Crippen LogP contribution in [0, 0.1) is 20.8 Å². The Kier molecular flexibility index (Phi) is 6.46. The predicted octanol–water partition coefficient (Wildman–Crippen LogP) is 3.57. The summed E-state index contributed by atoms with van der Waals surface area (Å²) in [6, 6.07) is 12.2. The lowest BCUT2D eigenvalue weighted by atomic mass is 10.1. The summed E-state index contributed by atoms with van der Waals surface area (Å²) in [4.78, 5) is 21.7. The molecule has 168 valence electrons. The third kappa shape index (κ3) is 4.78. The van der Waals surface area contributed by atoms with Crippen molar-refractivity contribution in [3.05, 3.63) is 65.5 Å². The summed E-state index contributed by atoms with van der Waals surface area (Å²) in [7, 11) is 1.67. The number of benzene rings is 2. The van der Waals surface area contributed by atoms with Gasteiger partial charge in [0.1, 0.15) is 5.75 Å². The molecule has 0 aliphatic carbocycles. The number of methoxy groups -OCH3 is 1. The van der Waals surface area contributed by atoms with E-state index in [0.717, 1.165) is 60.4 Å². The maximum atomic E-state index is 12.7. The van der Waals surface area contributed by atoms with E-state index in [1.807, 2.05) is 50.5 Å². The Bertz CT molecular complexity index is 1080. The second-order valence-corrected chi connectivity index (χ2v) is 8.38. The minimum atomic E-state index is 0.0337. The molecule has 1 aromatic heterocycles. The van der Waals surface area contributed by atoms with Gasteiger partial charge in [-0.1, -0.05) is 23.8 Å². The van der Waals surface area contributed by atoms with Crippen LogP contribution in [0.5, 0.6) is 5.75 Å². The van der Waals surface area contributed by atoms with Crippen LogP contribution in [0.3, 0.4) is 0 Å². The van der Waals surface area contributed by atoms with Crippen molar-refractivity contribution >= 4 is 17.5 Å². The average molecular weight is 434 g/mol. The van der Waals surface area contributed by atoms with E-state index in [-0.39, 0.29) is 5.91 Å². The summed E-state index contributed by atoms with van der Waals surface area (Å²) < 4.78 is 7.44. The molecular formula is C25H31N5O2. The number of hydrogen-bond donors (Lipinski definition) is 1. The Balaban J connectivity index is 1.36. The number of aromatic nitrogens is 2. The van der Waals surface area contributed by atoms with Gasteiger partial charge in [0.25, 0.3) is 0 Å². The number of amides is 1. The average Bonchev–Trinajstić information content (AvgIpc) is 3.27. The number of nitrogens with one attached hydrogen (secondary N) is 1. The summed E-state index contributed by atoms with van der Waals surface area (Å²) in [5, 5.41) is 3.11. The minimum absolute atomic E-state index is 0.0337. The lowest BCUT2D eigenvalue weighted by Crippen LogP contribution is -2.49. The maximum absolute atomic E-state index is 12.7. The molecule has 0 radical (unpaired) electrons. The first kappa shape index (κ1) is 21.9. The Morgan fingerprint density at radius 2 is 1.78 bits per heavy atom. The third-order valence-electron chi connectivity index (χ3n) is 5.92. The van der Waals surface area contributed by atoms with Gasteiger partial charge >= 0.3 is 0 Å². The van der Waals surface area contributed by atoms with E-state index in [2.05, 4.69) is 43.7 Å². The highest BCUT2D eigenvalue weighted by Gasteiger charge is 2.22. The highest BCUT2D eigenvalue weighted by Crippen LogP contribution is 2.24. The molecule has 2 heterocycles. The molecule has 4 rings (SSSR count). The van der Waals surface area contributed by atoms with Crippen molar-refractivity contribution in [1.82, 2.24) is 14.5 Å². The fourth-order valence-corrected chi connectivity index (χ4v) is 4.36. The fraction of sp³-hybridized carbons (Fsp3) is 0.360. The molecule has 0 saturated carbocycles. The van der Waals surface area contributed by atoms with Crippen LogP contribution in [0.15, 0.2) is 48.8 Å². The number of carbonyl (C=O) groups is 1. The highest BCUT2D eigenvalue weighted by molar-refractivity contribution is 5.93. The number of ether oxygens (including phenoxy) is 1. The summed E-state index contributed by atoms with van der Waals surface area (Å²) >= 11 is 0. The molecular weight excluding hydrogens is 402 g/mol. The van der Waals surface area contributed by atoms with Gasteiger partial charge in [0.15, 0.2) is 0 Å². The number of rotatable bonds is 6. The summed E-state index contributed by atoms with van der Waals surface area (Å²) in [5.74, 6) is 1.76. The maximum Gasteiger partial charge on any atom is 0.238 e. The van der Waals surface area contributed by atoms with E-state index in [9.17, 15) is 4.79 Å². The fourth-order valence-electron chi connectivity index (χ4n) is 4.36. The second-order valence-electron chi connectivity index (χ2n) is 8.38. The van der Waals surface area contributed by atoms with Gasteiger partial charge in [0.2, 0.25) is 11.9 Å². The number of anilines is 2.